The van der Waals surface area contributed by atoms with Crippen LogP contribution in [0, 0.1) is 11.7 Å². The highest BCUT2D eigenvalue weighted by molar-refractivity contribution is 5.30. The van der Waals surface area contributed by atoms with Gasteiger partial charge in [-0.05, 0) is 49.3 Å². The lowest BCUT2D eigenvalue weighted by Crippen LogP contribution is -2.24. The SMILES string of the molecule is CCC1CCC(Oc2cc(F)cc(CNC(C)C)c2)CC1. The highest BCUT2D eigenvalue weighted by Crippen LogP contribution is 2.29. The van der Waals surface area contributed by atoms with Crippen LogP contribution in [0.25, 0.3) is 0 Å². The normalized spacial score (nSPS) is 22.5. The summed E-state index contributed by atoms with van der Waals surface area (Å²) in [5, 5.41) is 3.31. The molecule has 0 heterocycles. The van der Waals surface area contributed by atoms with Gasteiger partial charge in [-0.15, -0.1) is 0 Å². The van der Waals surface area contributed by atoms with Gasteiger partial charge in [0.05, 0.1) is 6.10 Å². The number of hydrogen-bond acceptors (Lipinski definition) is 2. The first-order chi connectivity index (χ1) is 10.1. The fourth-order valence-corrected chi connectivity index (χ4v) is 2.96. The van der Waals surface area contributed by atoms with Crippen LogP contribution < -0.4 is 10.1 Å². The largest absolute Gasteiger partial charge is 0.490 e. The summed E-state index contributed by atoms with van der Waals surface area (Å²) in [5.41, 5.74) is 0.945. The van der Waals surface area contributed by atoms with Crippen molar-refractivity contribution in [2.45, 2.75) is 71.6 Å². The minimum atomic E-state index is -0.213. The van der Waals surface area contributed by atoms with Gasteiger partial charge in [0.1, 0.15) is 11.6 Å². The zero-order chi connectivity index (χ0) is 15.2. The molecule has 1 aliphatic rings. The van der Waals surface area contributed by atoms with Crippen molar-refractivity contribution < 1.29 is 9.13 Å². The summed E-state index contributed by atoms with van der Waals surface area (Å²) in [5.74, 6) is 1.31. The topological polar surface area (TPSA) is 21.3 Å². The molecule has 1 aromatic carbocycles. The third kappa shape index (κ3) is 5.31. The van der Waals surface area contributed by atoms with Crippen LogP contribution in [0.15, 0.2) is 18.2 Å². The van der Waals surface area contributed by atoms with E-state index in [1.54, 1.807) is 6.07 Å². The summed E-state index contributed by atoms with van der Waals surface area (Å²) in [6.45, 7) is 7.10. The van der Waals surface area contributed by atoms with Gasteiger partial charge < -0.3 is 10.1 Å². The van der Waals surface area contributed by atoms with Crippen LogP contribution >= 0.6 is 0 Å². The van der Waals surface area contributed by atoms with E-state index in [4.69, 9.17) is 4.74 Å². The van der Waals surface area contributed by atoms with Gasteiger partial charge in [-0.1, -0.05) is 27.2 Å². The van der Waals surface area contributed by atoms with Crippen LogP contribution in [0.4, 0.5) is 4.39 Å². The standard InChI is InChI=1S/C18H28FNO/c1-4-14-5-7-17(8-6-14)21-18-10-15(9-16(19)11-18)12-20-13(2)3/h9-11,13-14,17,20H,4-8,12H2,1-3H3. The summed E-state index contributed by atoms with van der Waals surface area (Å²) in [4.78, 5) is 0. The molecule has 2 rings (SSSR count). The molecule has 1 saturated carbocycles. The molecule has 0 radical (unpaired) electrons. The van der Waals surface area contributed by atoms with E-state index in [-0.39, 0.29) is 11.9 Å². The molecule has 21 heavy (non-hydrogen) atoms. The molecule has 1 aromatic rings. The zero-order valence-electron chi connectivity index (χ0n) is 13.5. The second kappa shape index (κ2) is 7.79. The molecule has 118 valence electrons. The highest BCUT2D eigenvalue weighted by atomic mass is 19.1. The number of rotatable bonds is 6. The van der Waals surface area contributed by atoms with Crippen molar-refractivity contribution >= 4 is 0 Å². The Morgan fingerprint density at radius 3 is 2.52 bits per heavy atom. The van der Waals surface area contributed by atoms with Crippen LogP contribution in [0.1, 0.15) is 58.4 Å². The Labute approximate surface area is 128 Å². The first kappa shape index (κ1) is 16.3. The van der Waals surface area contributed by atoms with E-state index < -0.39 is 0 Å². The first-order valence-corrected chi connectivity index (χ1v) is 8.26. The number of ether oxygens (including phenoxy) is 1. The molecule has 0 unspecified atom stereocenters. The second-order valence-electron chi connectivity index (χ2n) is 6.50. The minimum absolute atomic E-state index is 0.213. The smallest absolute Gasteiger partial charge is 0.127 e. The Morgan fingerprint density at radius 1 is 1.19 bits per heavy atom. The fourth-order valence-electron chi connectivity index (χ4n) is 2.96. The summed E-state index contributed by atoms with van der Waals surface area (Å²) in [6, 6.07) is 5.44. The zero-order valence-corrected chi connectivity index (χ0v) is 13.5. The fraction of sp³-hybridized carbons (Fsp3) is 0.667. The maximum Gasteiger partial charge on any atom is 0.127 e. The summed E-state index contributed by atoms with van der Waals surface area (Å²) in [7, 11) is 0. The van der Waals surface area contributed by atoms with E-state index in [9.17, 15) is 4.39 Å². The Kier molecular flexibility index (Phi) is 6.04. The van der Waals surface area contributed by atoms with Gasteiger partial charge in [-0.2, -0.15) is 0 Å². The van der Waals surface area contributed by atoms with Gasteiger partial charge in [-0.3, -0.25) is 0 Å². The molecule has 1 N–H and O–H groups in total. The molecule has 0 spiro atoms. The lowest BCUT2D eigenvalue weighted by Gasteiger charge is -2.28. The Hall–Kier alpha value is -1.09. The van der Waals surface area contributed by atoms with Crippen molar-refractivity contribution in [1.29, 1.82) is 0 Å². The van der Waals surface area contributed by atoms with Gasteiger partial charge >= 0.3 is 0 Å². The van der Waals surface area contributed by atoms with E-state index >= 15 is 0 Å². The van der Waals surface area contributed by atoms with E-state index in [1.807, 2.05) is 6.07 Å². The predicted molar refractivity (Wildman–Crippen MR) is 85.0 cm³/mol. The average Bonchev–Trinajstić information content (AvgIpc) is 2.45. The molecule has 2 nitrogen and oxygen atoms in total. The lowest BCUT2D eigenvalue weighted by molar-refractivity contribution is 0.129. The van der Waals surface area contributed by atoms with E-state index in [0.29, 0.717) is 18.3 Å². The van der Waals surface area contributed by atoms with Crippen LogP contribution in [0.2, 0.25) is 0 Å². The molecule has 1 aliphatic carbocycles. The van der Waals surface area contributed by atoms with Crippen molar-refractivity contribution in [3.63, 3.8) is 0 Å². The molecular formula is C18H28FNO. The van der Waals surface area contributed by atoms with Gasteiger partial charge in [0.15, 0.2) is 0 Å². The van der Waals surface area contributed by atoms with E-state index in [1.165, 1.54) is 25.3 Å². The molecular weight excluding hydrogens is 265 g/mol. The van der Waals surface area contributed by atoms with Crippen molar-refractivity contribution in [3.05, 3.63) is 29.6 Å². The minimum Gasteiger partial charge on any atom is -0.490 e. The first-order valence-electron chi connectivity index (χ1n) is 8.26. The van der Waals surface area contributed by atoms with Crippen molar-refractivity contribution in [2.75, 3.05) is 0 Å². The maximum absolute atomic E-state index is 13.7. The molecule has 0 bridgehead atoms. The molecule has 0 aromatic heterocycles. The van der Waals surface area contributed by atoms with Gasteiger partial charge in [-0.25, -0.2) is 4.39 Å². The molecule has 0 atom stereocenters. The van der Waals surface area contributed by atoms with Crippen molar-refractivity contribution in [2.24, 2.45) is 5.92 Å². The number of hydrogen-bond donors (Lipinski definition) is 1. The third-order valence-corrected chi connectivity index (χ3v) is 4.32. The molecule has 0 amide bonds. The Balaban J connectivity index is 1.93. The highest BCUT2D eigenvalue weighted by Gasteiger charge is 2.21. The molecule has 0 saturated heterocycles. The molecule has 3 heteroatoms. The van der Waals surface area contributed by atoms with Gasteiger partial charge in [0.2, 0.25) is 0 Å². The number of benzene rings is 1. The third-order valence-electron chi connectivity index (χ3n) is 4.32. The predicted octanol–water partition coefficient (Wildman–Crippen LogP) is 4.67. The summed E-state index contributed by atoms with van der Waals surface area (Å²) >= 11 is 0. The summed E-state index contributed by atoms with van der Waals surface area (Å²) in [6.07, 6.45) is 6.16. The van der Waals surface area contributed by atoms with Crippen LogP contribution in [0.5, 0.6) is 5.75 Å². The van der Waals surface area contributed by atoms with Crippen molar-refractivity contribution in [3.8, 4) is 5.75 Å². The van der Waals surface area contributed by atoms with Gasteiger partial charge in [0, 0.05) is 18.7 Å². The molecule has 0 aliphatic heterocycles. The number of halogens is 1. The Morgan fingerprint density at radius 2 is 1.90 bits per heavy atom. The summed E-state index contributed by atoms with van der Waals surface area (Å²) < 4.78 is 19.7. The monoisotopic (exact) mass is 293 g/mol. The van der Waals surface area contributed by atoms with E-state index in [0.717, 1.165) is 24.3 Å². The maximum atomic E-state index is 13.7. The second-order valence-corrected chi connectivity index (χ2v) is 6.50. The average molecular weight is 293 g/mol. The molecule has 1 fully saturated rings. The lowest BCUT2D eigenvalue weighted by atomic mass is 9.86. The van der Waals surface area contributed by atoms with Crippen molar-refractivity contribution in [1.82, 2.24) is 5.32 Å². The number of nitrogens with one attached hydrogen (secondary N) is 1. The van der Waals surface area contributed by atoms with Crippen LogP contribution in [-0.4, -0.2) is 12.1 Å². The van der Waals surface area contributed by atoms with Crippen LogP contribution in [-0.2, 0) is 6.54 Å². The van der Waals surface area contributed by atoms with Gasteiger partial charge in [0.25, 0.3) is 0 Å². The Bertz CT molecular complexity index is 439. The quantitative estimate of drug-likeness (QED) is 0.823. The van der Waals surface area contributed by atoms with E-state index in [2.05, 4.69) is 26.1 Å². The van der Waals surface area contributed by atoms with Crippen LogP contribution in [0.3, 0.4) is 0 Å².